The summed E-state index contributed by atoms with van der Waals surface area (Å²) in [6.45, 7) is 1.59. The number of H-pyrrole nitrogens is 2. The number of aromatic amines is 2. The first kappa shape index (κ1) is 22.7. The minimum atomic E-state index is 0.760. The molecule has 4 aromatic heterocycles. The molecule has 0 atom stereocenters. The summed E-state index contributed by atoms with van der Waals surface area (Å²) in [7, 11) is 0. The molecule has 0 aliphatic carbocycles. The summed E-state index contributed by atoms with van der Waals surface area (Å²) in [6, 6.07) is 32.0. The van der Waals surface area contributed by atoms with Crippen molar-refractivity contribution in [1.29, 1.82) is 0 Å². The molecule has 0 saturated heterocycles. The second kappa shape index (κ2) is 9.74. The zero-order valence-corrected chi connectivity index (χ0v) is 21.4. The second-order valence-corrected chi connectivity index (χ2v) is 10.4. The second-order valence-electron chi connectivity index (χ2n) is 9.43. The minimum Gasteiger partial charge on any atom is -0.353 e. The maximum atomic E-state index is 4.70. The van der Waals surface area contributed by atoms with Crippen molar-refractivity contribution in [3.05, 3.63) is 120 Å². The van der Waals surface area contributed by atoms with Crippen molar-refractivity contribution < 1.29 is 0 Å². The van der Waals surface area contributed by atoms with Gasteiger partial charge in [-0.25, -0.2) is 0 Å². The van der Waals surface area contributed by atoms with E-state index in [4.69, 9.17) is 5.10 Å². The quantitative estimate of drug-likeness (QED) is 0.205. The van der Waals surface area contributed by atoms with Gasteiger partial charge in [0.05, 0.1) is 11.2 Å². The normalized spacial score (nSPS) is 11.5. The van der Waals surface area contributed by atoms with Crippen molar-refractivity contribution in [1.82, 2.24) is 25.5 Å². The van der Waals surface area contributed by atoms with Gasteiger partial charge in [-0.05, 0) is 58.5 Å². The van der Waals surface area contributed by atoms with Crippen LogP contribution in [0.3, 0.4) is 0 Å². The smallest absolute Gasteiger partial charge is 0.116 e. The third-order valence-electron chi connectivity index (χ3n) is 6.90. The van der Waals surface area contributed by atoms with Crippen molar-refractivity contribution in [2.24, 2.45) is 0 Å². The number of nitrogens with one attached hydrogen (secondary N) is 3. The Morgan fingerprint density at radius 2 is 1.63 bits per heavy atom. The van der Waals surface area contributed by atoms with Crippen LogP contribution in [0.1, 0.15) is 11.1 Å². The van der Waals surface area contributed by atoms with E-state index in [0.717, 1.165) is 57.6 Å². The molecule has 3 aromatic carbocycles. The summed E-state index contributed by atoms with van der Waals surface area (Å²) >= 11 is 1.76. The topological polar surface area (TPSA) is 69.4 Å². The number of fused-ring (bicyclic) bond motifs is 2. The third-order valence-corrected chi connectivity index (χ3v) is 7.80. The first-order chi connectivity index (χ1) is 18.8. The number of pyridine rings is 1. The summed E-state index contributed by atoms with van der Waals surface area (Å²) in [4.78, 5) is 9.39. The first-order valence-corrected chi connectivity index (χ1v) is 13.5. The van der Waals surface area contributed by atoms with E-state index in [1.807, 2.05) is 18.5 Å². The van der Waals surface area contributed by atoms with Crippen LogP contribution in [-0.4, -0.2) is 20.2 Å². The summed E-state index contributed by atoms with van der Waals surface area (Å²) in [6.07, 6.45) is 3.86. The van der Waals surface area contributed by atoms with E-state index in [-0.39, 0.29) is 0 Å². The highest BCUT2D eigenvalue weighted by Crippen LogP contribution is 2.36. The Bertz CT molecular complexity index is 1850. The molecule has 0 unspecified atom stereocenters. The van der Waals surface area contributed by atoms with Crippen molar-refractivity contribution in [2.45, 2.75) is 13.1 Å². The molecule has 0 amide bonds. The third kappa shape index (κ3) is 4.30. The number of hydrogen-bond donors (Lipinski definition) is 3. The van der Waals surface area contributed by atoms with Crippen LogP contribution in [0, 0.1) is 0 Å². The van der Waals surface area contributed by atoms with Crippen molar-refractivity contribution in [3.8, 4) is 33.0 Å². The molecule has 0 radical (unpaired) electrons. The van der Waals surface area contributed by atoms with E-state index < -0.39 is 0 Å². The van der Waals surface area contributed by atoms with Crippen molar-refractivity contribution in [3.63, 3.8) is 0 Å². The fourth-order valence-corrected chi connectivity index (χ4v) is 5.78. The van der Waals surface area contributed by atoms with Crippen LogP contribution in [0.25, 0.3) is 54.8 Å². The van der Waals surface area contributed by atoms with Gasteiger partial charge in [0.2, 0.25) is 0 Å². The number of hydrogen-bond acceptors (Lipinski definition) is 4. The van der Waals surface area contributed by atoms with Crippen LogP contribution in [0.15, 0.2) is 109 Å². The van der Waals surface area contributed by atoms with E-state index in [0.29, 0.717) is 0 Å². The fraction of sp³-hybridized carbons (Fsp3) is 0.0625. The molecule has 3 N–H and O–H groups in total. The molecular formula is C32H25N5S. The lowest BCUT2D eigenvalue weighted by molar-refractivity contribution is 0.691. The van der Waals surface area contributed by atoms with Gasteiger partial charge in [0, 0.05) is 57.8 Å². The molecule has 0 fully saturated rings. The molecule has 0 spiro atoms. The van der Waals surface area contributed by atoms with E-state index in [9.17, 15) is 0 Å². The lowest BCUT2D eigenvalue weighted by atomic mass is 10.0. The monoisotopic (exact) mass is 511 g/mol. The van der Waals surface area contributed by atoms with Crippen LogP contribution >= 0.6 is 11.3 Å². The van der Waals surface area contributed by atoms with Crippen molar-refractivity contribution in [2.75, 3.05) is 0 Å². The number of rotatable bonds is 7. The Morgan fingerprint density at radius 3 is 2.53 bits per heavy atom. The van der Waals surface area contributed by atoms with E-state index in [1.54, 1.807) is 11.3 Å². The Kier molecular flexibility index (Phi) is 5.81. The summed E-state index contributed by atoms with van der Waals surface area (Å²) in [5.74, 6) is 0. The molecule has 0 bridgehead atoms. The molecule has 6 heteroatoms. The highest BCUT2D eigenvalue weighted by molar-refractivity contribution is 7.13. The Morgan fingerprint density at radius 1 is 0.711 bits per heavy atom. The minimum absolute atomic E-state index is 0.760. The van der Waals surface area contributed by atoms with Gasteiger partial charge in [0.25, 0.3) is 0 Å². The maximum Gasteiger partial charge on any atom is 0.116 e. The van der Waals surface area contributed by atoms with E-state index in [2.05, 4.69) is 111 Å². The zero-order chi connectivity index (χ0) is 25.3. The SMILES string of the molecule is c1ccc(CNCc2cncc(-c3ccc4[nH]nc(-c5cc6c(-c7cccs7)cccc6[nH]5)c4c3)c2)cc1. The van der Waals surface area contributed by atoms with Gasteiger partial charge in [0.15, 0.2) is 0 Å². The van der Waals surface area contributed by atoms with Gasteiger partial charge in [-0.2, -0.15) is 5.10 Å². The van der Waals surface area contributed by atoms with E-state index >= 15 is 0 Å². The van der Waals surface area contributed by atoms with Gasteiger partial charge >= 0.3 is 0 Å². The number of nitrogens with zero attached hydrogens (tertiary/aromatic N) is 2. The van der Waals surface area contributed by atoms with E-state index in [1.165, 1.54) is 21.4 Å². The average molecular weight is 512 g/mol. The van der Waals surface area contributed by atoms with Crippen LogP contribution in [0.2, 0.25) is 0 Å². The molecule has 7 rings (SSSR count). The van der Waals surface area contributed by atoms with Crippen LogP contribution in [0.4, 0.5) is 0 Å². The summed E-state index contributed by atoms with van der Waals surface area (Å²) in [5.41, 5.74) is 9.92. The van der Waals surface area contributed by atoms with Gasteiger partial charge in [-0.15, -0.1) is 11.3 Å². The molecule has 7 aromatic rings. The predicted octanol–water partition coefficient (Wildman–Crippen LogP) is 7.79. The number of thiophene rings is 1. The van der Waals surface area contributed by atoms with Crippen LogP contribution < -0.4 is 5.32 Å². The lowest BCUT2D eigenvalue weighted by Gasteiger charge is -2.08. The first-order valence-electron chi connectivity index (χ1n) is 12.6. The molecular weight excluding hydrogens is 486 g/mol. The lowest BCUT2D eigenvalue weighted by Crippen LogP contribution is -2.12. The fourth-order valence-electron chi connectivity index (χ4n) is 5.02. The highest BCUT2D eigenvalue weighted by Gasteiger charge is 2.15. The Labute approximate surface area is 224 Å². The molecule has 5 nitrogen and oxygen atoms in total. The molecule has 184 valence electrons. The van der Waals surface area contributed by atoms with Crippen LogP contribution in [0.5, 0.6) is 0 Å². The van der Waals surface area contributed by atoms with Gasteiger partial charge in [-0.1, -0.05) is 54.6 Å². The Balaban J connectivity index is 1.20. The zero-order valence-electron chi connectivity index (χ0n) is 20.6. The molecule has 38 heavy (non-hydrogen) atoms. The summed E-state index contributed by atoms with van der Waals surface area (Å²) in [5, 5.41) is 15.8. The number of benzene rings is 3. The highest BCUT2D eigenvalue weighted by atomic mass is 32.1. The van der Waals surface area contributed by atoms with Crippen molar-refractivity contribution >= 4 is 33.1 Å². The Hall–Kier alpha value is -4.52. The molecule has 4 heterocycles. The molecule has 0 saturated carbocycles. The molecule has 0 aliphatic rings. The number of aromatic nitrogens is 4. The van der Waals surface area contributed by atoms with Gasteiger partial charge in [0.1, 0.15) is 5.69 Å². The maximum absolute atomic E-state index is 4.70. The largest absolute Gasteiger partial charge is 0.353 e. The molecule has 0 aliphatic heterocycles. The summed E-state index contributed by atoms with van der Waals surface area (Å²) < 4.78 is 0. The predicted molar refractivity (Wildman–Crippen MR) is 157 cm³/mol. The standard InChI is InChI=1S/C32H25N5S/c1-2-6-21(7-3-1)17-33-18-22-14-24(20-34-19-22)23-11-12-29-27(15-23)32(37-36-29)30-16-26-25(31-10-5-13-38-31)8-4-9-28(26)35-30/h1-16,19-20,33,35H,17-18H2,(H,36,37). The van der Waals surface area contributed by atoms with Gasteiger partial charge < -0.3 is 10.3 Å². The average Bonchev–Trinajstić information content (AvgIpc) is 3.73. The van der Waals surface area contributed by atoms with Crippen LogP contribution in [-0.2, 0) is 13.1 Å². The van der Waals surface area contributed by atoms with Gasteiger partial charge in [-0.3, -0.25) is 10.1 Å².